The van der Waals surface area contributed by atoms with Crippen LogP contribution >= 0.6 is 0 Å². The molecule has 0 aliphatic carbocycles. The Labute approximate surface area is 109 Å². The summed E-state index contributed by atoms with van der Waals surface area (Å²) >= 11 is 0. The molecule has 1 aromatic heterocycles. The Balaban J connectivity index is 2.28. The van der Waals surface area contributed by atoms with Gasteiger partial charge in [-0.25, -0.2) is 0 Å². The van der Waals surface area contributed by atoms with Gasteiger partial charge in [-0.1, -0.05) is 17.7 Å². The molecule has 0 aliphatic rings. The van der Waals surface area contributed by atoms with Gasteiger partial charge < -0.3 is 9.73 Å². The van der Waals surface area contributed by atoms with Crippen molar-refractivity contribution in [2.45, 2.75) is 33.2 Å². The van der Waals surface area contributed by atoms with E-state index < -0.39 is 0 Å². The molecule has 1 heterocycles. The second-order valence-corrected chi connectivity index (χ2v) is 4.98. The van der Waals surface area contributed by atoms with Gasteiger partial charge in [-0.05, 0) is 57.0 Å². The number of rotatable bonds is 4. The third-order valence-electron chi connectivity index (χ3n) is 3.54. The first kappa shape index (κ1) is 12.9. The summed E-state index contributed by atoms with van der Waals surface area (Å²) in [6, 6.07) is 6.85. The highest BCUT2D eigenvalue weighted by molar-refractivity contribution is 5.38. The predicted octanol–water partition coefficient (Wildman–Crippen LogP) is 3.71. The van der Waals surface area contributed by atoms with Crippen molar-refractivity contribution in [3.05, 3.63) is 58.5 Å². The van der Waals surface area contributed by atoms with Crippen molar-refractivity contribution in [1.29, 1.82) is 0 Å². The molecule has 1 unspecified atom stereocenters. The zero-order chi connectivity index (χ0) is 13.1. The van der Waals surface area contributed by atoms with E-state index >= 15 is 0 Å². The maximum absolute atomic E-state index is 5.17. The smallest absolute Gasteiger partial charge is 0.0950 e. The lowest BCUT2D eigenvalue weighted by Gasteiger charge is -2.18. The Morgan fingerprint density at radius 3 is 2.33 bits per heavy atom. The van der Waals surface area contributed by atoms with Gasteiger partial charge in [-0.3, -0.25) is 0 Å². The molecule has 0 saturated heterocycles. The fourth-order valence-corrected chi connectivity index (χ4v) is 2.60. The Hall–Kier alpha value is -1.54. The fourth-order valence-electron chi connectivity index (χ4n) is 2.60. The van der Waals surface area contributed by atoms with Gasteiger partial charge in [0.15, 0.2) is 0 Å². The molecule has 0 bridgehead atoms. The van der Waals surface area contributed by atoms with Crippen molar-refractivity contribution in [2.24, 2.45) is 0 Å². The van der Waals surface area contributed by atoms with Crippen LogP contribution in [0, 0.1) is 20.8 Å². The summed E-state index contributed by atoms with van der Waals surface area (Å²) in [6.07, 6.45) is 4.54. The highest BCUT2D eigenvalue weighted by atomic mass is 16.3. The minimum Gasteiger partial charge on any atom is -0.472 e. The van der Waals surface area contributed by atoms with Crippen molar-refractivity contribution in [1.82, 2.24) is 5.32 Å². The van der Waals surface area contributed by atoms with Crippen molar-refractivity contribution >= 4 is 0 Å². The quantitative estimate of drug-likeness (QED) is 0.885. The predicted molar refractivity (Wildman–Crippen MR) is 74.9 cm³/mol. The molecule has 2 nitrogen and oxygen atoms in total. The van der Waals surface area contributed by atoms with Gasteiger partial charge in [-0.15, -0.1) is 0 Å². The monoisotopic (exact) mass is 243 g/mol. The van der Waals surface area contributed by atoms with Crippen LogP contribution in [0.1, 0.15) is 33.9 Å². The van der Waals surface area contributed by atoms with Crippen LogP contribution in [0.2, 0.25) is 0 Å². The molecule has 0 radical (unpaired) electrons. The van der Waals surface area contributed by atoms with Gasteiger partial charge in [0, 0.05) is 11.6 Å². The lowest BCUT2D eigenvalue weighted by Crippen LogP contribution is -2.19. The lowest BCUT2D eigenvalue weighted by atomic mass is 9.92. The zero-order valence-corrected chi connectivity index (χ0v) is 11.6. The first-order chi connectivity index (χ1) is 8.61. The molecule has 2 heteroatoms. The number of hydrogen-bond acceptors (Lipinski definition) is 2. The van der Waals surface area contributed by atoms with Crippen molar-refractivity contribution in [3.63, 3.8) is 0 Å². The van der Waals surface area contributed by atoms with E-state index in [-0.39, 0.29) is 0 Å². The summed E-state index contributed by atoms with van der Waals surface area (Å²) in [5.41, 5.74) is 6.71. The number of benzene rings is 1. The van der Waals surface area contributed by atoms with E-state index in [1.54, 1.807) is 6.26 Å². The molecule has 2 aromatic rings. The van der Waals surface area contributed by atoms with E-state index in [4.69, 9.17) is 4.42 Å². The van der Waals surface area contributed by atoms with Crippen molar-refractivity contribution in [3.8, 4) is 0 Å². The van der Waals surface area contributed by atoms with Gasteiger partial charge in [0.05, 0.1) is 12.5 Å². The summed E-state index contributed by atoms with van der Waals surface area (Å²) in [4.78, 5) is 0. The zero-order valence-electron chi connectivity index (χ0n) is 11.6. The molecule has 1 atom stereocenters. The Morgan fingerprint density at radius 2 is 1.83 bits per heavy atom. The number of likely N-dealkylation sites (N-methyl/N-ethyl adjacent to an activating group) is 1. The molecule has 1 aromatic carbocycles. The second-order valence-electron chi connectivity index (χ2n) is 4.98. The SMILES string of the molecule is CNC(Cc1c(C)cc(C)cc1C)c1ccoc1. The normalized spacial score (nSPS) is 12.7. The average Bonchev–Trinajstić information content (AvgIpc) is 2.81. The molecular formula is C16H21NO. The maximum atomic E-state index is 5.17. The average molecular weight is 243 g/mol. The second kappa shape index (κ2) is 5.40. The maximum Gasteiger partial charge on any atom is 0.0950 e. The largest absolute Gasteiger partial charge is 0.472 e. The lowest BCUT2D eigenvalue weighted by molar-refractivity contribution is 0.541. The summed E-state index contributed by atoms with van der Waals surface area (Å²) in [6.45, 7) is 6.53. The number of hydrogen-bond donors (Lipinski definition) is 1. The number of nitrogens with one attached hydrogen (secondary N) is 1. The number of aryl methyl sites for hydroxylation is 3. The molecule has 2 rings (SSSR count). The molecule has 18 heavy (non-hydrogen) atoms. The van der Waals surface area contributed by atoms with Gasteiger partial charge in [0.2, 0.25) is 0 Å². The minimum atomic E-state index is 0.309. The van der Waals surface area contributed by atoms with Crippen LogP contribution in [0.3, 0.4) is 0 Å². The number of furan rings is 1. The van der Waals surface area contributed by atoms with Crippen molar-refractivity contribution < 1.29 is 4.42 Å². The van der Waals surface area contributed by atoms with Crippen LogP contribution in [0.15, 0.2) is 35.1 Å². The first-order valence-electron chi connectivity index (χ1n) is 6.38. The standard InChI is InChI=1S/C16H21NO/c1-11-7-12(2)15(13(3)8-11)9-16(17-4)14-5-6-18-10-14/h5-8,10,16-17H,9H2,1-4H3. The Kier molecular flexibility index (Phi) is 3.87. The Bertz CT molecular complexity index is 491. The molecule has 0 spiro atoms. The third kappa shape index (κ3) is 2.65. The first-order valence-corrected chi connectivity index (χ1v) is 6.38. The molecule has 0 aliphatic heterocycles. The summed E-state index contributed by atoms with van der Waals surface area (Å²) in [5, 5.41) is 3.36. The van der Waals surface area contributed by atoms with Crippen LogP contribution in [-0.4, -0.2) is 7.05 Å². The van der Waals surface area contributed by atoms with E-state index in [0.29, 0.717) is 6.04 Å². The highest BCUT2D eigenvalue weighted by Gasteiger charge is 2.14. The topological polar surface area (TPSA) is 25.2 Å². The molecule has 0 saturated carbocycles. The summed E-state index contributed by atoms with van der Waals surface area (Å²) in [7, 11) is 2.00. The molecule has 0 amide bonds. The van der Waals surface area contributed by atoms with E-state index in [2.05, 4.69) is 38.2 Å². The molecular weight excluding hydrogens is 222 g/mol. The van der Waals surface area contributed by atoms with Gasteiger partial charge >= 0.3 is 0 Å². The van der Waals surface area contributed by atoms with Gasteiger partial charge in [0.25, 0.3) is 0 Å². The van der Waals surface area contributed by atoms with Crippen LogP contribution in [-0.2, 0) is 6.42 Å². The van der Waals surface area contributed by atoms with E-state index in [0.717, 1.165) is 6.42 Å². The molecule has 96 valence electrons. The molecule has 0 fully saturated rings. The van der Waals surface area contributed by atoms with Gasteiger partial charge in [0.1, 0.15) is 0 Å². The fraction of sp³-hybridized carbons (Fsp3) is 0.375. The van der Waals surface area contributed by atoms with Crippen LogP contribution in [0.4, 0.5) is 0 Å². The molecule has 1 N–H and O–H groups in total. The minimum absolute atomic E-state index is 0.309. The van der Waals surface area contributed by atoms with E-state index in [1.165, 1.54) is 27.8 Å². The van der Waals surface area contributed by atoms with Crippen LogP contribution in [0.25, 0.3) is 0 Å². The van der Waals surface area contributed by atoms with E-state index in [1.807, 2.05) is 19.4 Å². The third-order valence-corrected chi connectivity index (χ3v) is 3.54. The summed E-state index contributed by atoms with van der Waals surface area (Å²) < 4.78 is 5.17. The van der Waals surface area contributed by atoms with Crippen LogP contribution < -0.4 is 5.32 Å². The van der Waals surface area contributed by atoms with Crippen molar-refractivity contribution in [2.75, 3.05) is 7.05 Å². The summed E-state index contributed by atoms with van der Waals surface area (Å²) in [5.74, 6) is 0. The highest BCUT2D eigenvalue weighted by Crippen LogP contribution is 2.24. The van der Waals surface area contributed by atoms with E-state index in [9.17, 15) is 0 Å². The van der Waals surface area contributed by atoms with Gasteiger partial charge in [-0.2, -0.15) is 0 Å². The van der Waals surface area contributed by atoms with Crippen LogP contribution in [0.5, 0.6) is 0 Å². The Morgan fingerprint density at radius 1 is 1.17 bits per heavy atom.